The average molecular weight is 415 g/mol. The van der Waals surface area contributed by atoms with E-state index in [-0.39, 0.29) is 18.2 Å². The van der Waals surface area contributed by atoms with E-state index in [1.54, 1.807) is 25.7 Å². The normalized spacial score (nSPS) is 11.1. The number of aryl methyl sites for hydroxylation is 1. The van der Waals surface area contributed by atoms with E-state index in [0.717, 1.165) is 5.56 Å². The quantitative estimate of drug-likeness (QED) is 0.697. The van der Waals surface area contributed by atoms with Gasteiger partial charge in [0.25, 0.3) is 5.91 Å². The van der Waals surface area contributed by atoms with Crippen molar-refractivity contribution in [3.63, 3.8) is 0 Å². The number of amides is 1. The van der Waals surface area contributed by atoms with Crippen LogP contribution in [-0.4, -0.2) is 46.5 Å². The topological polar surface area (TPSA) is 88.7 Å². The Labute approximate surface area is 177 Å². The van der Waals surface area contributed by atoms with Gasteiger partial charge >= 0.3 is 11.9 Å². The van der Waals surface area contributed by atoms with Gasteiger partial charge in [-0.3, -0.25) is 4.79 Å². The highest BCUT2D eigenvalue weighted by Crippen LogP contribution is 2.21. The molecule has 7 heteroatoms. The van der Waals surface area contributed by atoms with Gasteiger partial charge in [0.05, 0.1) is 12.2 Å². The van der Waals surface area contributed by atoms with Gasteiger partial charge in [-0.2, -0.15) is 0 Å². The largest absolute Gasteiger partial charge is 0.462 e. The number of hydrogen-bond acceptors (Lipinski definition) is 5. The number of carbonyl (C=O) groups is 3. The van der Waals surface area contributed by atoms with E-state index in [2.05, 4.69) is 4.98 Å². The molecule has 0 aliphatic carbocycles. The molecule has 162 valence electrons. The van der Waals surface area contributed by atoms with Crippen molar-refractivity contribution in [3.05, 3.63) is 58.4 Å². The molecule has 0 saturated heterocycles. The smallest absolute Gasteiger partial charge is 0.355 e. The summed E-state index contributed by atoms with van der Waals surface area (Å²) in [5.41, 5.74) is 1.96. The minimum absolute atomic E-state index is 0.147. The zero-order valence-corrected chi connectivity index (χ0v) is 18.5. The summed E-state index contributed by atoms with van der Waals surface area (Å²) in [4.78, 5) is 42.1. The highest BCUT2D eigenvalue weighted by molar-refractivity contribution is 5.99. The van der Waals surface area contributed by atoms with Crippen LogP contribution in [0.2, 0.25) is 0 Å². The summed E-state index contributed by atoms with van der Waals surface area (Å²) in [7, 11) is 0. The number of ether oxygens (including phenoxy) is 2. The number of benzene rings is 1. The van der Waals surface area contributed by atoms with Crippen LogP contribution in [0.15, 0.2) is 30.3 Å². The number of carbonyl (C=O) groups excluding carboxylic acids is 3. The average Bonchev–Trinajstić information content (AvgIpc) is 2.98. The lowest BCUT2D eigenvalue weighted by Crippen LogP contribution is -2.46. The van der Waals surface area contributed by atoms with E-state index in [1.165, 1.54) is 0 Å². The second-order valence-corrected chi connectivity index (χ2v) is 8.06. The summed E-state index contributed by atoms with van der Waals surface area (Å²) >= 11 is 0. The summed E-state index contributed by atoms with van der Waals surface area (Å²) in [5.74, 6) is -1.49. The Balaban J connectivity index is 2.11. The van der Waals surface area contributed by atoms with E-state index >= 15 is 0 Å². The predicted molar refractivity (Wildman–Crippen MR) is 113 cm³/mol. The summed E-state index contributed by atoms with van der Waals surface area (Å²) in [6.45, 7) is 11.1. The van der Waals surface area contributed by atoms with Crippen LogP contribution in [0.1, 0.15) is 65.4 Å². The maximum atomic E-state index is 12.8. The molecule has 1 amide bonds. The van der Waals surface area contributed by atoms with E-state index < -0.39 is 24.1 Å². The summed E-state index contributed by atoms with van der Waals surface area (Å²) in [6.07, 6.45) is 0. The molecule has 0 saturated carbocycles. The fourth-order valence-corrected chi connectivity index (χ4v) is 3.21. The molecule has 1 aromatic heterocycles. The van der Waals surface area contributed by atoms with E-state index in [9.17, 15) is 14.4 Å². The monoisotopic (exact) mass is 414 g/mol. The number of nitrogens with one attached hydrogen (secondary N) is 1. The van der Waals surface area contributed by atoms with Crippen LogP contribution in [0.25, 0.3) is 0 Å². The van der Waals surface area contributed by atoms with Gasteiger partial charge < -0.3 is 19.4 Å². The molecular weight excluding hydrogens is 384 g/mol. The third kappa shape index (κ3) is 5.49. The van der Waals surface area contributed by atoms with Crippen molar-refractivity contribution in [2.45, 2.75) is 53.6 Å². The maximum absolute atomic E-state index is 12.8. The number of esters is 2. The number of aromatic amines is 1. The molecule has 30 heavy (non-hydrogen) atoms. The second-order valence-electron chi connectivity index (χ2n) is 8.06. The van der Waals surface area contributed by atoms with Crippen LogP contribution >= 0.6 is 0 Å². The maximum Gasteiger partial charge on any atom is 0.355 e. The first-order valence-corrected chi connectivity index (χ1v) is 9.94. The van der Waals surface area contributed by atoms with Gasteiger partial charge in [-0.15, -0.1) is 0 Å². The van der Waals surface area contributed by atoms with Crippen LogP contribution in [-0.2, 0) is 20.8 Å². The molecule has 1 heterocycles. The zero-order valence-electron chi connectivity index (χ0n) is 18.5. The Hall–Kier alpha value is -3.09. The zero-order chi connectivity index (χ0) is 22.5. The molecule has 2 rings (SSSR count). The molecule has 0 atom stereocenters. The number of rotatable bonds is 7. The van der Waals surface area contributed by atoms with Gasteiger partial charge in [0, 0.05) is 17.8 Å². The first kappa shape index (κ1) is 23.2. The summed E-state index contributed by atoms with van der Waals surface area (Å²) < 4.78 is 10.3. The van der Waals surface area contributed by atoms with E-state index in [1.807, 2.05) is 51.1 Å². The van der Waals surface area contributed by atoms with E-state index in [0.29, 0.717) is 23.4 Å². The minimum Gasteiger partial charge on any atom is -0.462 e. The van der Waals surface area contributed by atoms with Crippen LogP contribution in [0.5, 0.6) is 0 Å². The molecule has 0 bridgehead atoms. The van der Waals surface area contributed by atoms with Gasteiger partial charge in [-0.05, 0) is 52.7 Å². The van der Waals surface area contributed by atoms with Crippen molar-refractivity contribution in [1.29, 1.82) is 0 Å². The predicted octanol–water partition coefficient (Wildman–Crippen LogP) is 3.79. The number of nitrogens with zero attached hydrogens (tertiary/aromatic N) is 1. The molecule has 0 spiro atoms. The molecule has 0 aliphatic rings. The van der Waals surface area contributed by atoms with Crippen molar-refractivity contribution in [1.82, 2.24) is 9.88 Å². The first-order valence-electron chi connectivity index (χ1n) is 9.94. The van der Waals surface area contributed by atoms with Crippen molar-refractivity contribution in [2.24, 2.45) is 0 Å². The summed E-state index contributed by atoms with van der Waals surface area (Å²) in [6, 6.07) is 9.64. The SMILES string of the molecule is CCOC(=O)c1c(C)[nH]c(C(=O)OCC(=O)N(Cc2ccccc2)C(C)(C)C)c1C. The van der Waals surface area contributed by atoms with Gasteiger partial charge in [-0.1, -0.05) is 30.3 Å². The highest BCUT2D eigenvalue weighted by Gasteiger charge is 2.29. The Morgan fingerprint density at radius 2 is 1.63 bits per heavy atom. The van der Waals surface area contributed by atoms with Crippen LogP contribution in [0.4, 0.5) is 0 Å². The molecule has 1 N–H and O–H groups in total. The Morgan fingerprint density at radius 3 is 2.20 bits per heavy atom. The van der Waals surface area contributed by atoms with Crippen molar-refractivity contribution in [2.75, 3.05) is 13.2 Å². The minimum atomic E-state index is -0.687. The van der Waals surface area contributed by atoms with Crippen molar-refractivity contribution >= 4 is 17.8 Å². The molecule has 0 fully saturated rings. The molecule has 0 radical (unpaired) electrons. The number of hydrogen-bond donors (Lipinski definition) is 1. The van der Waals surface area contributed by atoms with Gasteiger partial charge in [-0.25, -0.2) is 9.59 Å². The van der Waals surface area contributed by atoms with Gasteiger partial charge in [0.2, 0.25) is 0 Å². The van der Waals surface area contributed by atoms with E-state index in [4.69, 9.17) is 9.47 Å². The summed E-state index contributed by atoms with van der Waals surface area (Å²) in [5, 5.41) is 0. The van der Waals surface area contributed by atoms with Crippen molar-refractivity contribution < 1.29 is 23.9 Å². The fraction of sp³-hybridized carbons (Fsp3) is 0.435. The Kier molecular flexibility index (Phi) is 7.43. The Morgan fingerprint density at radius 1 is 1.00 bits per heavy atom. The lowest BCUT2D eigenvalue weighted by molar-refractivity contribution is -0.140. The number of aromatic nitrogens is 1. The molecule has 7 nitrogen and oxygen atoms in total. The van der Waals surface area contributed by atoms with Crippen LogP contribution in [0, 0.1) is 13.8 Å². The molecule has 0 aliphatic heterocycles. The Bertz CT molecular complexity index is 910. The fourth-order valence-electron chi connectivity index (χ4n) is 3.21. The second kappa shape index (κ2) is 9.61. The lowest BCUT2D eigenvalue weighted by atomic mass is 10.0. The standard InChI is InChI=1S/C23H30N2O5/c1-7-29-21(27)19-15(2)20(24-16(19)3)22(28)30-14-18(26)25(23(4,5)6)13-17-11-9-8-10-12-17/h8-12,24H,7,13-14H2,1-6H3. The lowest BCUT2D eigenvalue weighted by Gasteiger charge is -2.35. The third-order valence-corrected chi connectivity index (χ3v) is 4.74. The molecule has 2 aromatic rings. The number of H-pyrrole nitrogens is 1. The van der Waals surface area contributed by atoms with Crippen LogP contribution in [0.3, 0.4) is 0 Å². The third-order valence-electron chi connectivity index (χ3n) is 4.74. The molecule has 1 aromatic carbocycles. The first-order chi connectivity index (χ1) is 14.1. The van der Waals surface area contributed by atoms with Gasteiger partial charge in [0.1, 0.15) is 5.69 Å². The van der Waals surface area contributed by atoms with Crippen molar-refractivity contribution in [3.8, 4) is 0 Å². The van der Waals surface area contributed by atoms with Gasteiger partial charge in [0.15, 0.2) is 6.61 Å². The molecular formula is C23H30N2O5. The molecule has 0 unspecified atom stereocenters. The van der Waals surface area contributed by atoms with Crippen LogP contribution < -0.4 is 0 Å². The highest BCUT2D eigenvalue weighted by atomic mass is 16.5.